The minimum absolute atomic E-state index is 0.0680. The first-order chi connectivity index (χ1) is 11.6. The molecular formula is C17H25FN4O2S. The maximum absolute atomic E-state index is 14.6. The van der Waals surface area contributed by atoms with Gasteiger partial charge < -0.3 is 15.8 Å². The van der Waals surface area contributed by atoms with Gasteiger partial charge in [-0.15, -0.1) is 0 Å². The van der Waals surface area contributed by atoms with Gasteiger partial charge in [0.05, 0.1) is 10.3 Å². The molecule has 3 N–H and O–H groups in total. The van der Waals surface area contributed by atoms with E-state index in [1.807, 2.05) is 20.8 Å². The summed E-state index contributed by atoms with van der Waals surface area (Å²) in [6.45, 7) is 5.78. The first-order valence-electron chi connectivity index (χ1n) is 7.89. The number of methoxy groups -OCH3 is 1. The molecule has 1 aromatic rings. The maximum Gasteiger partial charge on any atom is 0.250 e. The lowest BCUT2D eigenvalue weighted by molar-refractivity contribution is -0.119. The molecule has 0 saturated heterocycles. The van der Waals surface area contributed by atoms with Gasteiger partial charge in [0.25, 0.3) is 0 Å². The van der Waals surface area contributed by atoms with Crippen molar-refractivity contribution in [1.82, 2.24) is 0 Å². The van der Waals surface area contributed by atoms with Crippen molar-refractivity contribution in [1.29, 1.82) is 0 Å². The number of carbonyl (C=O) groups excluding carboxylic acids is 1. The fraction of sp³-hybridized carbons (Fsp3) is 0.529. The topological polar surface area (TPSA) is 89.1 Å². The Morgan fingerprint density at radius 1 is 1.48 bits per heavy atom. The number of halogens is 1. The average Bonchev–Trinajstić information content (AvgIpc) is 2.53. The SMILES string of the molecule is CN=S1C[C@@](C)(c2cc(NC(=O)COC)ccc2F)N=C(N)C1(C)C. The highest BCUT2D eigenvalue weighted by Crippen LogP contribution is 2.37. The molecule has 1 aliphatic rings. The van der Waals surface area contributed by atoms with Crippen molar-refractivity contribution in [3.05, 3.63) is 29.6 Å². The van der Waals surface area contributed by atoms with E-state index in [1.165, 1.54) is 19.2 Å². The number of hydrogen-bond acceptors (Lipinski definition) is 5. The molecule has 6 nitrogen and oxygen atoms in total. The first kappa shape index (κ1) is 19.5. The largest absolute Gasteiger partial charge is 0.386 e. The number of ether oxygens (including phenoxy) is 1. The zero-order chi connectivity index (χ0) is 18.8. The lowest BCUT2D eigenvalue weighted by Gasteiger charge is -2.40. The van der Waals surface area contributed by atoms with Crippen molar-refractivity contribution >= 4 is 28.1 Å². The van der Waals surface area contributed by atoms with Crippen LogP contribution in [0.1, 0.15) is 26.3 Å². The summed E-state index contributed by atoms with van der Waals surface area (Å²) < 4.78 is 23.5. The number of amidine groups is 1. The Balaban J connectivity index is 2.46. The van der Waals surface area contributed by atoms with E-state index in [-0.39, 0.29) is 23.1 Å². The number of aliphatic imine (C=N–C) groups is 1. The Morgan fingerprint density at radius 2 is 2.16 bits per heavy atom. The molecule has 1 heterocycles. The van der Waals surface area contributed by atoms with E-state index in [4.69, 9.17) is 10.5 Å². The van der Waals surface area contributed by atoms with Gasteiger partial charge in [-0.2, -0.15) is 0 Å². The van der Waals surface area contributed by atoms with Gasteiger partial charge in [-0.25, -0.2) is 4.39 Å². The molecule has 0 fully saturated rings. The normalized spacial score (nSPS) is 25.5. The summed E-state index contributed by atoms with van der Waals surface area (Å²) in [6.07, 6.45) is 0. The molecule has 0 saturated carbocycles. The quantitative estimate of drug-likeness (QED) is 0.854. The predicted octanol–water partition coefficient (Wildman–Crippen LogP) is 2.21. The molecule has 1 aromatic carbocycles. The van der Waals surface area contributed by atoms with Gasteiger partial charge in [0.1, 0.15) is 18.3 Å². The minimum atomic E-state index is -0.839. The number of anilines is 1. The van der Waals surface area contributed by atoms with Gasteiger partial charge in [-0.3, -0.25) is 14.1 Å². The molecule has 2 rings (SSSR count). The van der Waals surface area contributed by atoms with E-state index in [1.54, 1.807) is 13.1 Å². The molecule has 0 aromatic heterocycles. The molecule has 0 radical (unpaired) electrons. The lowest BCUT2D eigenvalue weighted by Crippen LogP contribution is -2.51. The second-order valence-electron chi connectivity index (χ2n) is 6.65. The highest BCUT2D eigenvalue weighted by atomic mass is 32.2. The summed E-state index contributed by atoms with van der Waals surface area (Å²) in [4.78, 5) is 16.3. The third-order valence-corrected chi connectivity index (χ3v) is 6.98. The number of nitrogens with one attached hydrogen (secondary N) is 1. The fourth-order valence-electron chi connectivity index (χ4n) is 2.77. The highest BCUT2D eigenvalue weighted by molar-refractivity contribution is 7.89. The molecule has 0 aliphatic carbocycles. The van der Waals surface area contributed by atoms with Crippen LogP contribution in [0.5, 0.6) is 0 Å². The van der Waals surface area contributed by atoms with E-state index in [9.17, 15) is 9.18 Å². The van der Waals surface area contributed by atoms with Crippen LogP contribution in [0.2, 0.25) is 0 Å². The maximum atomic E-state index is 14.6. The van der Waals surface area contributed by atoms with Crippen molar-refractivity contribution < 1.29 is 13.9 Å². The fourth-order valence-corrected chi connectivity index (χ4v) is 4.76. The van der Waals surface area contributed by atoms with Crippen LogP contribution in [0.15, 0.2) is 27.6 Å². The van der Waals surface area contributed by atoms with Crippen molar-refractivity contribution in [3.8, 4) is 0 Å². The summed E-state index contributed by atoms with van der Waals surface area (Å²) in [5, 5.41) is 2.69. The molecule has 1 amide bonds. The van der Waals surface area contributed by atoms with E-state index < -0.39 is 16.2 Å². The molecule has 0 bridgehead atoms. The van der Waals surface area contributed by atoms with E-state index in [0.717, 1.165) is 0 Å². The van der Waals surface area contributed by atoms with Crippen LogP contribution in [0.3, 0.4) is 0 Å². The number of benzene rings is 1. The molecule has 8 heteroatoms. The average molecular weight is 368 g/mol. The second-order valence-corrected chi connectivity index (χ2v) is 9.05. The Bertz CT molecular complexity index is 748. The number of carbonyl (C=O) groups is 1. The van der Waals surface area contributed by atoms with Crippen molar-refractivity contribution in [2.24, 2.45) is 15.1 Å². The molecule has 1 aliphatic heterocycles. The molecule has 25 heavy (non-hydrogen) atoms. The van der Waals surface area contributed by atoms with E-state index >= 15 is 0 Å². The van der Waals surface area contributed by atoms with Crippen LogP contribution >= 0.6 is 0 Å². The molecule has 138 valence electrons. The van der Waals surface area contributed by atoms with Gasteiger partial charge in [0.15, 0.2) is 0 Å². The number of hydrogen-bond donors (Lipinski definition) is 2. The highest BCUT2D eigenvalue weighted by Gasteiger charge is 2.42. The third-order valence-electron chi connectivity index (χ3n) is 4.32. The van der Waals surface area contributed by atoms with Gasteiger partial charge in [-0.1, -0.05) is 10.7 Å². The smallest absolute Gasteiger partial charge is 0.250 e. The van der Waals surface area contributed by atoms with Gasteiger partial charge in [0.2, 0.25) is 5.91 Å². The summed E-state index contributed by atoms with van der Waals surface area (Å²) in [5.41, 5.74) is 6.23. The van der Waals surface area contributed by atoms with E-state index in [0.29, 0.717) is 22.8 Å². The zero-order valence-corrected chi connectivity index (χ0v) is 16.0. The van der Waals surface area contributed by atoms with Crippen LogP contribution in [-0.4, -0.2) is 43.0 Å². The summed E-state index contributed by atoms with van der Waals surface area (Å²) in [6, 6.07) is 4.45. The van der Waals surface area contributed by atoms with Crippen molar-refractivity contribution in [2.75, 3.05) is 31.8 Å². The standard InChI is InChI=1S/C17H25FN4O2S/c1-16(2)15(19)22-17(3,10-25(16)20-4)12-8-11(6-7-13(12)18)21-14(23)9-24-5/h6-8H,9-10H2,1-5H3,(H2,19,22)(H,21,23)/t17-,25?/m0/s1. The van der Waals surface area contributed by atoms with Crippen LogP contribution in [0.4, 0.5) is 10.1 Å². The second kappa shape index (κ2) is 7.21. The minimum Gasteiger partial charge on any atom is -0.386 e. The summed E-state index contributed by atoms with van der Waals surface area (Å²) in [5.74, 6) is 0.330. The first-order valence-corrected chi connectivity index (χ1v) is 9.24. The Morgan fingerprint density at radius 3 is 2.76 bits per heavy atom. The Labute approximate surface area is 150 Å². The lowest BCUT2D eigenvalue weighted by atomic mass is 9.92. The zero-order valence-electron chi connectivity index (χ0n) is 15.2. The van der Waals surface area contributed by atoms with Gasteiger partial charge in [-0.05, 0) is 39.0 Å². The Hall–Kier alpha value is -1.80. The summed E-state index contributed by atoms with van der Waals surface area (Å²) in [7, 11) is 2.79. The Kier molecular flexibility index (Phi) is 5.63. The van der Waals surface area contributed by atoms with Crippen LogP contribution in [0, 0.1) is 5.82 Å². The monoisotopic (exact) mass is 368 g/mol. The number of nitrogens with two attached hydrogens (primary N) is 1. The van der Waals surface area contributed by atoms with E-state index in [2.05, 4.69) is 14.7 Å². The van der Waals surface area contributed by atoms with Crippen LogP contribution in [0.25, 0.3) is 0 Å². The van der Waals surface area contributed by atoms with Crippen molar-refractivity contribution in [2.45, 2.75) is 31.1 Å². The van der Waals surface area contributed by atoms with Gasteiger partial charge in [0, 0.05) is 31.2 Å². The predicted molar refractivity (Wildman–Crippen MR) is 101 cm³/mol. The molecular weight excluding hydrogens is 343 g/mol. The van der Waals surface area contributed by atoms with Gasteiger partial charge >= 0.3 is 0 Å². The molecule has 1 unspecified atom stereocenters. The van der Waals surface area contributed by atoms with Crippen molar-refractivity contribution in [3.63, 3.8) is 0 Å². The number of nitrogens with zero attached hydrogens (tertiary/aromatic N) is 2. The third kappa shape index (κ3) is 3.90. The molecule has 0 spiro atoms. The number of amides is 1. The summed E-state index contributed by atoms with van der Waals surface area (Å²) >= 11 is 0. The number of rotatable bonds is 4. The van der Waals surface area contributed by atoms with Crippen LogP contribution < -0.4 is 11.1 Å². The molecule has 2 atom stereocenters. The van der Waals surface area contributed by atoms with Crippen LogP contribution in [-0.2, 0) is 25.8 Å².